The van der Waals surface area contributed by atoms with Crippen molar-refractivity contribution in [2.45, 2.75) is 17.7 Å². The molecular formula is C19H21N5O3S. The van der Waals surface area contributed by atoms with Gasteiger partial charge in [0.1, 0.15) is 5.82 Å². The number of anilines is 3. The van der Waals surface area contributed by atoms with Crippen molar-refractivity contribution in [1.29, 1.82) is 0 Å². The highest BCUT2D eigenvalue weighted by Gasteiger charge is 2.09. The number of aromatic nitrogens is 2. The van der Waals surface area contributed by atoms with Crippen LogP contribution in [-0.2, 0) is 16.4 Å². The lowest BCUT2D eigenvalue weighted by atomic mass is 10.0. The molecule has 0 bridgehead atoms. The first-order valence-electron chi connectivity index (χ1n) is 8.59. The minimum absolute atomic E-state index is 0.0243. The van der Waals surface area contributed by atoms with Gasteiger partial charge in [0.15, 0.2) is 0 Å². The fourth-order valence-electron chi connectivity index (χ4n) is 2.67. The van der Waals surface area contributed by atoms with Gasteiger partial charge in [0.25, 0.3) is 0 Å². The minimum Gasteiger partial charge on any atom is -0.396 e. The Bertz CT molecular complexity index is 1050. The molecule has 3 aromatic rings. The van der Waals surface area contributed by atoms with Crippen molar-refractivity contribution in [2.24, 2.45) is 5.14 Å². The van der Waals surface area contributed by atoms with E-state index in [9.17, 15) is 8.42 Å². The molecular weight excluding hydrogens is 378 g/mol. The van der Waals surface area contributed by atoms with Crippen LogP contribution in [0.25, 0.3) is 11.1 Å². The molecule has 0 aliphatic rings. The fraction of sp³-hybridized carbons (Fsp3) is 0.158. The van der Waals surface area contributed by atoms with E-state index in [2.05, 4.69) is 15.3 Å². The first kappa shape index (κ1) is 19.7. The maximum atomic E-state index is 11.3. The van der Waals surface area contributed by atoms with Crippen LogP contribution in [0.4, 0.5) is 17.5 Å². The van der Waals surface area contributed by atoms with Crippen molar-refractivity contribution in [3.63, 3.8) is 0 Å². The van der Waals surface area contributed by atoms with Gasteiger partial charge in [0, 0.05) is 24.1 Å². The van der Waals surface area contributed by atoms with Crippen molar-refractivity contribution in [3.05, 3.63) is 60.3 Å². The van der Waals surface area contributed by atoms with Crippen LogP contribution in [0.1, 0.15) is 12.0 Å². The lowest BCUT2D eigenvalue weighted by molar-refractivity contribution is 0.288. The number of primary sulfonamides is 1. The van der Waals surface area contributed by atoms with Crippen LogP contribution in [0.2, 0.25) is 0 Å². The molecule has 0 aliphatic carbocycles. The summed E-state index contributed by atoms with van der Waals surface area (Å²) in [5.41, 5.74) is 9.44. The molecule has 2 aromatic carbocycles. The Morgan fingerprint density at radius 2 is 1.71 bits per heavy atom. The fourth-order valence-corrected chi connectivity index (χ4v) is 3.18. The molecule has 9 heteroatoms. The van der Waals surface area contributed by atoms with Gasteiger partial charge >= 0.3 is 0 Å². The summed E-state index contributed by atoms with van der Waals surface area (Å²) >= 11 is 0. The third-order valence-corrected chi connectivity index (χ3v) is 5.07. The summed E-state index contributed by atoms with van der Waals surface area (Å²) < 4.78 is 22.6. The maximum Gasteiger partial charge on any atom is 0.238 e. The number of nitrogens with two attached hydrogens (primary N) is 2. The Morgan fingerprint density at radius 3 is 2.29 bits per heavy atom. The first-order valence-corrected chi connectivity index (χ1v) is 10.1. The van der Waals surface area contributed by atoms with Crippen molar-refractivity contribution in [1.82, 2.24) is 9.97 Å². The Morgan fingerprint density at radius 1 is 1.04 bits per heavy atom. The second-order valence-corrected chi connectivity index (χ2v) is 7.77. The number of nitrogen functional groups attached to an aromatic ring is 1. The molecule has 3 rings (SSSR count). The van der Waals surface area contributed by atoms with Gasteiger partial charge in [-0.2, -0.15) is 4.98 Å². The van der Waals surface area contributed by atoms with Crippen molar-refractivity contribution >= 4 is 27.5 Å². The summed E-state index contributed by atoms with van der Waals surface area (Å²) in [6.45, 7) is 0.168. The lowest BCUT2D eigenvalue weighted by Crippen LogP contribution is -2.11. The number of aliphatic hydroxyl groups excluding tert-OH is 1. The summed E-state index contributed by atoms with van der Waals surface area (Å²) in [6.07, 6.45) is 3.17. The molecule has 1 heterocycles. The molecule has 0 atom stereocenters. The number of aryl methyl sites for hydroxylation is 1. The summed E-state index contributed by atoms with van der Waals surface area (Å²) in [7, 11) is -3.74. The number of nitrogens with zero attached hydrogens (tertiary/aromatic N) is 2. The molecule has 8 nitrogen and oxygen atoms in total. The Labute approximate surface area is 163 Å². The molecule has 0 fully saturated rings. The number of nitrogens with one attached hydrogen (secondary N) is 1. The van der Waals surface area contributed by atoms with E-state index in [1.54, 1.807) is 18.3 Å². The second kappa shape index (κ2) is 8.34. The summed E-state index contributed by atoms with van der Waals surface area (Å²) in [4.78, 5) is 8.57. The molecule has 0 unspecified atom stereocenters. The molecule has 1 aromatic heterocycles. The first-order chi connectivity index (χ1) is 13.4. The normalized spacial score (nSPS) is 11.4. The SMILES string of the molecule is Nc1nc(Nc2ccc(S(N)(=O)=O)cc2)ncc1-c1ccc(CCCO)cc1. The predicted molar refractivity (Wildman–Crippen MR) is 108 cm³/mol. The summed E-state index contributed by atoms with van der Waals surface area (Å²) in [6, 6.07) is 13.8. The zero-order valence-electron chi connectivity index (χ0n) is 15.0. The van der Waals surface area contributed by atoms with Crippen LogP contribution in [0, 0.1) is 0 Å². The smallest absolute Gasteiger partial charge is 0.238 e. The number of hydrogen-bond acceptors (Lipinski definition) is 7. The van der Waals surface area contributed by atoms with Gasteiger partial charge in [-0.25, -0.2) is 18.5 Å². The number of benzene rings is 2. The third-order valence-electron chi connectivity index (χ3n) is 4.15. The van der Waals surface area contributed by atoms with E-state index >= 15 is 0 Å². The van der Waals surface area contributed by atoms with E-state index in [4.69, 9.17) is 16.0 Å². The van der Waals surface area contributed by atoms with Crippen LogP contribution in [0.3, 0.4) is 0 Å². The highest BCUT2D eigenvalue weighted by atomic mass is 32.2. The van der Waals surface area contributed by atoms with Crippen LogP contribution in [0.5, 0.6) is 0 Å². The van der Waals surface area contributed by atoms with Gasteiger partial charge in [-0.15, -0.1) is 0 Å². The van der Waals surface area contributed by atoms with Gasteiger partial charge in [-0.05, 0) is 48.2 Å². The molecule has 0 saturated heterocycles. The molecule has 0 amide bonds. The monoisotopic (exact) mass is 399 g/mol. The van der Waals surface area contributed by atoms with Gasteiger partial charge in [0.2, 0.25) is 16.0 Å². The highest BCUT2D eigenvalue weighted by Crippen LogP contribution is 2.26. The predicted octanol–water partition coefficient (Wildman–Crippen LogP) is 2.04. The van der Waals surface area contributed by atoms with Crippen molar-refractivity contribution < 1.29 is 13.5 Å². The molecule has 28 heavy (non-hydrogen) atoms. The van der Waals surface area contributed by atoms with Crippen molar-refractivity contribution in [3.8, 4) is 11.1 Å². The average molecular weight is 399 g/mol. The van der Waals surface area contributed by atoms with E-state index in [0.29, 0.717) is 23.0 Å². The molecule has 146 valence electrons. The van der Waals surface area contributed by atoms with Crippen LogP contribution < -0.4 is 16.2 Å². The molecule has 0 spiro atoms. The number of rotatable bonds is 7. The quantitative estimate of drug-likeness (QED) is 0.476. The zero-order valence-corrected chi connectivity index (χ0v) is 15.9. The topological polar surface area (TPSA) is 144 Å². The molecule has 0 saturated carbocycles. The van der Waals surface area contributed by atoms with Gasteiger partial charge < -0.3 is 16.2 Å². The van der Waals surface area contributed by atoms with E-state index < -0.39 is 10.0 Å². The lowest BCUT2D eigenvalue weighted by Gasteiger charge is -2.10. The average Bonchev–Trinajstić information content (AvgIpc) is 2.67. The van der Waals surface area contributed by atoms with Gasteiger partial charge in [0.05, 0.1) is 4.90 Å². The molecule has 0 radical (unpaired) electrons. The third kappa shape index (κ3) is 4.83. The maximum absolute atomic E-state index is 11.3. The number of hydrogen-bond donors (Lipinski definition) is 4. The number of aliphatic hydroxyl groups is 1. The minimum atomic E-state index is -3.74. The van der Waals surface area contributed by atoms with Crippen LogP contribution in [-0.4, -0.2) is 30.1 Å². The summed E-state index contributed by atoms with van der Waals surface area (Å²) in [5, 5.41) is 17.0. The Kier molecular flexibility index (Phi) is 5.88. The molecule has 0 aliphatic heterocycles. The standard InChI is InChI=1S/C19H21N5O3S/c20-18-17(14-5-3-13(4-6-14)2-1-11-25)12-22-19(24-18)23-15-7-9-16(10-8-15)28(21,26)27/h3-10,12,25H,1-2,11H2,(H2,21,26,27)(H3,20,22,23,24). The number of sulfonamides is 1. The van der Waals surface area contributed by atoms with Crippen LogP contribution in [0.15, 0.2) is 59.6 Å². The largest absolute Gasteiger partial charge is 0.396 e. The van der Waals surface area contributed by atoms with Crippen molar-refractivity contribution in [2.75, 3.05) is 17.7 Å². The second-order valence-electron chi connectivity index (χ2n) is 6.21. The van der Waals surface area contributed by atoms with E-state index in [-0.39, 0.29) is 11.5 Å². The van der Waals surface area contributed by atoms with Gasteiger partial charge in [-0.3, -0.25) is 0 Å². The Hall–Kier alpha value is -3.01. The van der Waals surface area contributed by atoms with E-state index in [1.165, 1.54) is 12.1 Å². The van der Waals surface area contributed by atoms with E-state index in [1.807, 2.05) is 24.3 Å². The van der Waals surface area contributed by atoms with E-state index in [0.717, 1.165) is 24.0 Å². The zero-order chi connectivity index (χ0) is 20.1. The molecule has 6 N–H and O–H groups in total. The van der Waals surface area contributed by atoms with Crippen LogP contribution >= 0.6 is 0 Å². The summed E-state index contributed by atoms with van der Waals surface area (Å²) in [5.74, 6) is 0.617. The Balaban J connectivity index is 1.75. The van der Waals surface area contributed by atoms with Gasteiger partial charge in [-0.1, -0.05) is 24.3 Å². The highest BCUT2D eigenvalue weighted by molar-refractivity contribution is 7.89.